The Kier molecular flexibility index (Phi) is 3.28. The van der Waals surface area contributed by atoms with E-state index in [9.17, 15) is 8.42 Å². The molecule has 0 spiro atoms. The van der Waals surface area contributed by atoms with Crippen molar-refractivity contribution in [2.75, 3.05) is 13.6 Å². The van der Waals surface area contributed by atoms with Crippen LogP contribution in [-0.2, 0) is 10.0 Å². The number of aromatic nitrogens is 1. The lowest BCUT2D eigenvalue weighted by Crippen LogP contribution is -2.27. The summed E-state index contributed by atoms with van der Waals surface area (Å²) in [7, 11) is -2.27. The van der Waals surface area contributed by atoms with Crippen molar-refractivity contribution in [3.8, 4) is 6.07 Å². The molecule has 2 aromatic rings. The van der Waals surface area contributed by atoms with E-state index in [1.165, 1.54) is 13.1 Å². The number of hydrogen-bond donors (Lipinski definition) is 0. The average molecular weight is 261 g/mol. The number of nitrogens with zero attached hydrogens (tertiary/aromatic N) is 3. The molecule has 92 valence electrons. The summed E-state index contributed by atoms with van der Waals surface area (Å²) >= 11 is 0. The lowest BCUT2D eigenvalue weighted by molar-refractivity contribution is 0.502. The van der Waals surface area contributed by atoms with E-state index in [0.717, 1.165) is 4.31 Å². The summed E-state index contributed by atoms with van der Waals surface area (Å²) in [6, 6.07) is 10.1. The van der Waals surface area contributed by atoms with Gasteiger partial charge in [0.05, 0.1) is 16.5 Å². The van der Waals surface area contributed by atoms with Gasteiger partial charge in [-0.05, 0) is 24.3 Å². The van der Waals surface area contributed by atoms with E-state index < -0.39 is 10.0 Å². The van der Waals surface area contributed by atoms with Crippen molar-refractivity contribution < 1.29 is 8.42 Å². The first-order chi connectivity index (χ1) is 8.57. The molecule has 0 saturated heterocycles. The van der Waals surface area contributed by atoms with Gasteiger partial charge in [-0.1, -0.05) is 6.07 Å². The number of nitriles is 1. The fourth-order valence-corrected chi connectivity index (χ4v) is 2.92. The Hall–Kier alpha value is -1.97. The zero-order valence-corrected chi connectivity index (χ0v) is 10.6. The van der Waals surface area contributed by atoms with Gasteiger partial charge in [0.25, 0.3) is 0 Å². The molecule has 0 saturated carbocycles. The van der Waals surface area contributed by atoms with Gasteiger partial charge in [-0.2, -0.15) is 9.57 Å². The first-order valence-electron chi connectivity index (χ1n) is 5.24. The van der Waals surface area contributed by atoms with Crippen LogP contribution in [0.3, 0.4) is 0 Å². The highest BCUT2D eigenvalue weighted by Crippen LogP contribution is 2.23. The molecule has 0 atom stereocenters. The molecule has 6 heteroatoms. The summed E-state index contributed by atoms with van der Waals surface area (Å²) in [6.45, 7) is -0.182. The Morgan fingerprint density at radius 2 is 2.11 bits per heavy atom. The molecule has 1 aromatic heterocycles. The van der Waals surface area contributed by atoms with Gasteiger partial charge in [-0.15, -0.1) is 0 Å². The Labute approximate surface area is 105 Å². The highest BCUT2D eigenvalue weighted by atomic mass is 32.2. The van der Waals surface area contributed by atoms with Crippen LogP contribution in [0, 0.1) is 11.3 Å². The normalized spacial score (nSPS) is 11.6. The summed E-state index contributed by atoms with van der Waals surface area (Å²) in [5.74, 6) is 0. The second kappa shape index (κ2) is 4.72. The number of pyridine rings is 1. The number of fused-ring (bicyclic) bond motifs is 1. The maximum atomic E-state index is 12.3. The molecule has 0 aliphatic carbocycles. The summed E-state index contributed by atoms with van der Waals surface area (Å²) in [4.78, 5) is 4.28. The third-order valence-electron chi connectivity index (χ3n) is 2.59. The Bertz CT molecular complexity index is 714. The monoisotopic (exact) mass is 261 g/mol. The van der Waals surface area contributed by atoms with Gasteiger partial charge in [0.2, 0.25) is 10.0 Å². The van der Waals surface area contributed by atoms with Crippen molar-refractivity contribution in [3.05, 3.63) is 36.5 Å². The third kappa shape index (κ3) is 2.06. The minimum Gasteiger partial charge on any atom is -0.256 e. The molecule has 2 rings (SSSR count). The van der Waals surface area contributed by atoms with Gasteiger partial charge >= 0.3 is 0 Å². The van der Waals surface area contributed by atoms with Crippen LogP contribution in [0.4, 0.5) is 0 Å². The van der Waals surface area contributed by atoms with Gasteiger partial charge in [0.15, 0.2) is 0 Å². The highest BCUT2D eigenvalue weighted by molar-refractivity contribution is 7.89. The summed E-state index contributed by atoms with van der Waals surface area (Å²) in [5, 5.41) is 9.15. The first kappa shape index (κ1) is 12.5. The van der Waals surface area contributed by atoms with Gasteiger partial charge in [-0.25, -0.2) is 8.42 Å². The molecular weight excluding hydrogens is 250 g/mol. The molecule has 0 aliphatic heterocycles. The van der Waals surface area contributed by atoms with Crippen molar-refractivity contribution in [3.63, 3.8) is 0 Å². The molecule has 0 unspecified atom stereocenters. The SMILES string of the molecule is CN(CC#N)S(=O)(=O)c1cccc2ncccc12. The summed E-state index contributed by atoms with van der Waals surface area (Å²) < 4.78 is 25.6. The molecule has 5 nitrogen and oxygen atoms in total. The maximum absolute atomic E-state index is 12.3. The fourth-order valence-electron chi connectivity index (χ4n) is 1.65. The van der Waals surface area contributed by atoms with Crippen LogP contribution >= 0.6 is 0 Å². The Balaban J connectivity index is 2.65. The number of hydrogen-bond acceptors (Lipinski definition) is 4. The molecule has 1 aromatic carbocycles. The molecule has 0 radical (unpaired) electrons. The van der Waals surface area contributed by atoms with Crippen LogP contribution in [0.5, 0.6) is 0 Å². The molecule has 18 heavy (non-hydrogen) atoms. The highest BCUT2D eigenvalue weighted by Gasteiger charge is 2.22. The maximum Gasteiger partial charge on any atom is 0.244 e. The van der Waals surface area contributed by atoms with E-state index in [0.29, 0.717) is 10.9 Å². The van der Waals surface area contributed by atoms with E-state index in [1.54, 1.807) is 30.5 Å². The van der Waals surface area contributed by atoms with E-state index in [2.05, 4.69) is 4.98 Å². The molecule has 1 heterocycles. The van der Waals surface area contributed by atoms with E-state index in [1.807, 2.05) is 6.07 Å². The zero-order valence-electron chi connectivity index (χ0n) is 9.74. The van der Waals surface area contributed by atoms with Crippen LogP contribution in [0.1, 0.15) is 0 Å². The second-order valence-electron chi connectivity index (χ2n) is 3.75. The van der Waals surface area contributed by atoms with Crippen molar-refractivity contribution in [1.82, 2.24) is 9.29 Å². The van der Waals surface area contributed by atoms with Gasteiger partial charge in [0, 0.05) is 18.6 Å². The van der Waals surface area contributed by atoms with Crippen LogP contribution in [0.25, 0.3) is 10.9 Å². The fraction of sp³-hybridized carbons (Fsp3) is 0.167. The number of rotatable bonds is 3. The van der Waals surface area contributed by atoms with Crippen LogP contribution in [-0.4, -0.2) is 31.3 Å². The largest absolute Gasteiger partial charge is 0.256 e. The standard InChI is InChI=1S/C12H11N3O2S/c1-15(9-7-13)18(16,17)12-6-2-5-11-10(12)4-3-8-14-11/h2-6,8H,9H2,1H3. The van der Waals surface area contributed by atoms with Crippen LogP contribution in [0.2, 0.25) is 0 Å². The van der Waals surface area contributed by atoms with Crippen LogP contribution in [0.15, 0.2) is 41.4 Å². The Morgan fingerprint density at radius 1 is 1.33 bits per heavy atom. The van der Waals surface area contributed by atoms with Crippen molar-refractivity contribution in [1.29, 1.82) is 5.26 Å². The Morgan fingerprint density at radius 3 is 2.83 bits per heavy atom. The molecule has 0 bridgehead atoms. The molecule has 0 amide bonds. The number of sulfonamides is 1. The van der Waals surface area contributed by atoms with Gasteiger partial charge < -0.3 is 0 Å². The van der Waals surface area contributed by atoms with E-state index in [4.69, 9.17) is 5.26 Å². The minimum atomic E-state index is -3.66. The summed E-state index contributed by atoms with van der Waals surface area (Å²) in [6.07, 6.45) is 1.61. The molecule has 0 aliphatic rings. The predicted octanol–water partition coefficient (Wildman–Crippen LogP) is 1.38. The van der Waals surface area contributed by atoms with Gasteiger partial charge in [0.1, 0.15) is 6.54 Å². The van der Waals surface area contributed by atoms with Crippen LogP contribution < -0.4 is 0 Å². The minimum absolute atomic E-state index is 0.172. The average Bonchev–Trinajstić information content (AvgIpc) is 2.38. The smallest absolute Gasteiger partial charge is 0.244 e. The van der Waals surface area contributed by atoms with Gasteiger partial charge in [-0.3, -0.25) is 4.98 Å². The van der Waals surface area contributed by atoms with E-state index >= 15 is 0 Å². The summed E-state index contributed by atoms with van der Waals surface area (Å²) in [5.41, 5.74) is 0.615. The number of benzene rings is 1. The predicted molar refractivity (Wildman–Crippen MR) is 67.2 cm³/mol. The zero-order chi connectivity index (χ0) is 13.2. The van der Waals surface area contributed by atoms with Crippen molar-refractivity contribution in [2.45, 2.75) is 4.90 Å². The lowest BCUT2D eigenvalue weighted by Gasteiger charge is -2.14. The molecule has 0 fully saturated rings. The first-order valence-corrected chi connectivity index (χ1v) is 6.68. The topological polar surface area (TPSA) is 74.1 Å². The quantitative estimate of drug-likeness (QED) is 0.782. The van der Waals surface area contributed by atoms with Crippen molar-refractivity contribution >= 4 is 20.9 Å². The second-order valence-corrected chi connectivity index (χ2v) is 5.76. The molecule has 0 N–H and O–H groups in total. The van der Waals surface area contributed by atoms with E-state index in [-0.39, 0.29) is 11.4 Å². The third-order valence-corrected chi connectivity index (χ3v) is 4.45. The molecular formula is C12H11N3O2S. The van der Waals surface area contributed by atoms with Crippen molar-refractivity contribution in [2.24, 2.45) is 0 Å². The lowest BCUT2D eigenvalue weighted by atomic mass is 10.2.